The van der Waals surface area contributed by atoms with E-state index in [0.29, 0.717) is 0 Å². The van der Waals surface area contributed by atoms with Gasteiger partial charge in [-0.3, -0.25) is 4.79 Å². The van der Waals surface area contributed by atoms with Crippen LogP contribution in [0.5, 0.6) is 0 Å². The SMILES string of the molecule is CCCCCCCN(CCCCCCC)c1cccc(C(=O)c2ccccc2)c1N(CCCCCCC)CCCCCCC. The number of hydrogen-bond donors (Lipinski definition) is 0. The van der Waals surface area contributed by atoms with Gasteiger partial charge in [0.05, 0.1) is 11.4 Å². The van der Waals surface area contributed by atoms with E-state index in [0.717, 1.165) is 37.3 Å². The fourth-order valence-corrected chi connectivity index (χ4v) is 6.36. The van der Waals surface area contributed by atoms with E-state index in [1.807, 2.05) is 30.3 Å². The molecule has 0 aromatic heterocycles. The first kappa shape index (κ1) is 37.9. The van der Waals surface area contributed by atoms with E-state index in [1.165, 1.54) is 140 Å². The number of unbranched alkanes of at least 4 members (excludes halogenated alkanes) is 16. The largest absolute Gasteiger partial charge is 0.370 e. The second-order valence-corrected chi connectivity index (χ2v) is 13.0. The third-order valence-corrected chi connectivity index (χ3v) is 9.08. The molecule has 0 aliphatic rings. The van der Waals surface area contributed by atoms with Crippen LogP contribution in [0.1, 0.15) is 172 Å². The first-order chi connectivity index (χ1) is 21.7. The first-order valence-electron chi connectivity index (χ1n) is 18.9. The van der Waals surface area contributed by atoms with Gasteiger partial charge in [-0.25, -0.2) is 0 Å². The second kappa shape index (κ2) is 25.0. The number of anilines is 2. The Bertz CT molecular complexity index is 944. The number of para-hydroxylation sites is 1. The maximum absolute atomic E-state index is 14.2. The summed E-state index contributed by atoms with van der Waals surface area (Å²) in [5.41, 5.74) is 4.18. The summed E-state index contributed by atoms with van der Waals surface area (Å²) < 4.78 is 0. The molecule has 0 amide bonds. The molecule has 0 spiro atoms. The van der Waals surface area contributed by atoms with E-state index in [9.17, 15) is 4.79 Å². The average molecular weight is 605 g/mol. The molecule has 0 radical (unpaired) electrons. The van der Waals surface area contributed by atoms with Gasteiger partial charge in [-0.1, -0.05) is 167 Å². The predicted octanol–water partition coefficient (Wildman–Crippen LogP) is 12.4. The number of carbonyl (C=O) groups excluding carboxylic acids is 1. The molecule has 0 atom stereocenters. The lowest BCUT2D eigenvalue weighted by atomic mass is 9.98. The van der Waals surface area contributed by atoms with Crippen LogP contribution in [-0.2, 0) is 0 Å². The summed E-state index contributed by atoms with van der Waals surface area (Å²) in [5.74, 6) is 0.162. The van der Waals surface area contributed by atoms with Crippen LogP contribution >= 0.6 is 0 Å². The Morgan fingerprint density at radius 2 is 0.864 bits per heavy atom. The van der Waals surface area contributed by atoms with Crippen LogP contribution in [0.25, 0.3) is 0 Å². The van der Waals surface area contributed by atoms with Crippen molar-refractivity contribution in [3.8, 4) is 0 Å². The van der Waals surface area contributed by atoms with Gasteiger partial charge in [0, 0.05) is 37.3 Å². The molecule has 0 unspecified atom stereocenters. The van der Waals surface area contributed by atoms with E-state index >= 15 is 0 Å². The smallest absolute Gasteiger partial charge is 0.195 e. The van der Waals surface area contributed by atoms with Crippen molar-refractivity contribution in [1.82, 2.24) is 0 Å². The summed E-state index contributed by atoms with van der Waals surface area (Å²) in [6.07, 6.45) is 25.6. The highest BCUT2D eigenvalue weighted by Gasteiger charge is 2.24. The van der Waals surface area contributed by atoms with Crippen LogP contribution in [0.2, 0.25) is 0 Å². The first-order valence-corrected chi connectivity index (χ1v) is 18.9. The highest BCUT2D eigenvalue weighted by Crippen LogP contribution is 2.36. The molecule has 0 heterocycles. The van der Waals surface area contributed by atoms with Crippen molar-refractivity contribution in [3.63, 3.8) is 0 Å². The summed E-state index contributed by atoms with van der Waals surface area (Å²) in [7, 11) is 0. The Balaban J connectivity index is 2.49. The molecule has 248 valence electrons. The summed E-state index contributed by atoms with van der Waals surface area (Å²) >= 11 is 0. The summed E-state index contributed by atoms with van der Waals surface area (Å²) in [6.45, 7) is 13.4. The molecule has 0 aliphatic carbocycles. The monoisotopic (exact) mass is 605 g/mol. The van der Waals surface area contributed by atoms with Crippen LogP contribution in [-0.4, -0.2) is 32.0 Å². The van der Waals surface area contributed by atoms with Crippen molar-refractivity contribution in [1.29, 1.82) is 0 Å². The highest BCUT2D eigenvalue weighted by atomic mass is 16.1. The number of rotatable bonds is 28. The summed E-state index contributed by atoms with van der Waals surface area (Å²) in [4.78, 5) is 19.5. The molecule has 2 aromatic carbocycles. The van der Waals surface area contributed by atoms with Gasteiger partial charge in [-0.2, -0.15) is 0 Å². The zero-order valence-electron chi connectivity index (χ0n) is 29.4. The maximum atomic E-state index is 14.2. The Morgan fingerprint density at radius 3 is 1.30 bits per heavy atom. The minimum atomic E-state index is 0.162. The van der Waals surface area contributed by atoms with Crippen molar-refractivity contribution in [2.24, 2.45) is 0 Å². The number of hydrogen-bond acceptors (Lipinski definition) is 3. The topological polar surface area (TPSA) is 23.6 Å². The number of benzene rings is 2. The van der Waals surface area contributed by atoms with Gasteiger partial charge in [0.15, 0.2) is 5.78 Å². The molecule has 0 fully saturated rings. The standard InChI is InChI=1S/C41H68N2O/c1-5-9-13-17-24-33-42(34-25-18-14-10-6-2)39-32-28-31-38(41(44)37-29-22-21-23-30-37)40(39)43(35-26-19-15-11-7-3)36-27-20-16-12-8-4/h21-23,28-32H,5-20,24-27,33-36H2,1-4H3. The lowest BCUT2D eigenvalue weighted by molar-refractivity contribution is 0.103. The van der Waals surface area contributed by atoms with Crippen LogP contribution in [0, 0.1) is 0 Å². The molecular weight excluding hydrogens is 536 g/mol. The quantitative estimate of drug-likeness (QED) is 0.0713. The predicted molar refractivity (Wildman–Crippen MR) is 196 cm³/mol. The Hall–Kier alpha value is -2.29. The van der Waals surface area contributed by atoms with Crippen LogP contribution < -0.4 is 9.80 Å². The van der Waals surface area contributed by atoms with Gasteiger partial charge < -0.3 is 9.80 Å². The van der Waals surface area contributed by atoms with Gasteiger partial charge in [-0.15, -0.1) is 0 Å². The van der Waals surface area contributed by atoms with Gasteiger partial charge in [0.25, 0.3) is 0 Å². The Morgan fingerprint density at radius 1 is 0.455 bits per heavy atom. The molecule has 44 heavy (non-hydrogen) atoms. The van der Waals surface area contributed by atoms with E-state index in [2.05, 4.69) is 55.7 Å². The molecule has 0 aliphatic heterocycles. The number of ketones is 1. The normalized spacial score (nSPS) is 11.2. The zero-order chi connectivity index (χ0) is 31.7. The fraction of sp³-hybridized carbons (Fsp3) is 0.683. The molecular formula is C41H68N2O. The molecule has 3 heteroatoms. The lowest BCUT2D eigenvalue weighted by Crippen LogP contribution is -2.33. The van der Waals surface area contributed by atoms with Gasteiger partial charge in [0.2, 0.25) is 0 Å². The minimum absolute atomic E-state index is 0.162. The molecule has 0 saturated carbocycles. The Kier molecular flexibility index (Phi) is 21.5. The van der Waals surface area contributed by atoms with Gasteiger partial charge >= 0.3 is 0 Å². The average Bonchev–Trinajstić information content (AvgIpc) is 3.06. The third kappa shape index (κ3) is 14.7. The maximum Gasteiger partial charge on any atom is 0.195 e. The van der Waals surface area contributed by atoms with Crippen molar-refractivity contribution >= 4 is 17.2 Å². The van der Waals surface area contributed by atoms with Crippen LogP contribution in [0.3, 0.4) is 0 Å². The van der Waals surface area contributed by atoms with Gasteiger partial charge in [0.1, 0.15) is 0 Å². The summed E-state index contributed by atoms with van der Waals surface area (Å²) in [6, 6.07) is 16.6. The molecule has 0 N–H and O–H groups in total. The lowest BCUT2D eigenvalue weighted by Gasteiger charge is -2.34. The molecule has 2 rings (SSSR count). The number of nitrogens with zero attached hydrogens (tertiary/aromatic N) is 2. The van der Waals surface area contributed by atoms with Crippen LogP contribution in [0.4, 0.5) is 11.4 Å². The van der Waals surface area contributed by atoms with E-state index in [-0.39, 0.29) is 5.78 Å². The van der Waals surface area contributed by atoms with Gasteiger partial charge in [-0.05, 0) is 37.8 Å². The van der Waals surface area contributed by atoms with Crippen molar-refractivity contribution in [3.05, 3.63) is 59.7 Å². The molecule has 0 saturated heterocycles. The zero-order valence-corrected chi connectivity index (χ0v) is 29.4. The fourth-order valence-electron chi connectivity index (χ4n) is 6.36. The highest BCUT2D eigenvalue weighted by molar-refractivity contribution is 6.14. The molecule has 2 aromatic rings. The van der Waals surface area contributed by atoms with Crippen LogP contribution in [0.15, 0.2) is 48.5 Å². The van der Waals surface area contributed by atoms with Crippen molar-refractivity contribution in [2.75, 3.05) is 36.0 Å². The van der Waals surface area contributed by atoms with E-state index in [4.69, 9.17) is 0 Å². The Labute approximate surface area is 273 Å². The molecule has 3 nitrogen and oxygen atoms in total. The van der Waals surface area contributed by atoms with Crippen molar-refractivity contribution in [2.45, 2.75) is 156 Å². The number of carbonyl (C=O) groups is 1. The van der Waals surface area contributed by atoms with Crippen molar-refractivity contribution < 1.29 is 4.79 Å². The second-order valence-electron chi connectivity index (χ2n) is 13.0. The molecule has 0 bridgehead atoms. The van der Waals surface area contributed by atoms with E-state index < -0.39 is 0 Å². The summed E-state index contributed by atoms with van der Waals surface area (Å²) in [5, 5.41) is 0. The minimum Gasteiger partial charge on any atom is -0.370 e. The third-order valence-electron chi connectivity index (χ3n) is 9.08. The van der Waals surface area contributed by atoms with E-state index in [1.54, 1.807) is 0 Å².